The third-order valence-electron chi connectivity index (χ3n) is 3.81. The van der Waals surface area contributed by atoms with Crippen LogP contribution in [-0.2, 0) is 22.5 Å². The second-order valence-electron chi connectivity index (χ2n) is 5.06. The minimum atomic E-state index is -0.947. The van der Waals surface area contributed by atoms with E-state index < -0.39 is 11.7 Å². The maximum Gasteiger partial charge on any atom is 0.414 e. The number of carbonyl (C=O) groups is 2. The molecule has 2 aliphatic heterocycles. The number of anilines is 1. The molecule has 0 radical (unpaired) electrons. The Labute approximate surface area is 121 Å². The number of carbonyl (C=O) groups excluding carboxylic acids is 2. The average molecular weight is 290 g/mol. The largest absolute Gasteiger partial charge is 0.447 e. The molecule has 110 valence electrons. The Morgan fingerprint density at radius 1 is 1.33 bits per heavy atom. The van der Waals surface area contributed by atoms with Gasteiger partial charge in [-0.05, 0) is 23.6 Å². The van der Waals surface area contributed by atoms with Crippen molar-refractivity contribution in [1.29, 1.82) is 0 Å². The second kappa shape index (κ2) is 5.20. The van der Waals surface area contributed by atoms with Crippen molar-refractivity contribution >= 4 is 17.7 Å². The van der Waals surface area contributed by atoms with Crippen LogP contribution in [0.1, 0.15) is 11.1 Å². The van der Waals surface area contributed by atoms with Crippen molar-refractivity contribution in [2.24, 2.45) is 0 Å². The van der Waals surface area contributed by atoms with Gasteiger partial charge in [0, 0.05) is 13.1 Å². The molecular formula is C15H15FN2O3. The van der Waals surface area contributed by atoms with Gasteiger partial charge >= 0.3 is 6.09 Å². The summed E-state index contributed by atoms with van der Waals surface area (Å²) in [7, 11) is 0. The molecule has 0 saturated carbocycles. The van der Waals surface area contributed by atoms with Crippen LogP contribution in [0, 0.1) is 0 Å². The summed E-state index contributed by atoms with van der Waals surface area (Å²) in [6.07, 6.45) is 0.230. The molecule has 2 aliphatic rings. The number of ether oxygens (including phenoxy) is 1. The number of halogens is 1. The van der Waals surface area contributed by atoms with E-state index in [0.717, 1.165) is 16.8 Å². The van der Waals surface area contributed by atoms with Gasteiger partial charge in [0.25, 0.3) is 5.91 Å². The highest BCUT2D eigenvalue weighted by atomic mass is 19.1. The molecule has 1 saturated heterocycles. The van der Waals surface area contributed by atoms with Crippen molar-refractivity contribution in [2.45, 2.75) is 13.0 Å². The summed E-state index contributed by atoms with van der Waals surface area (Å²) < 4.78 is 17.9. The van der Waals surface area contributed by atoms with Crippen LogP contribution in [0.15, 0.2) is 30.6 Å². The third-order valence-corrected chi connectivity index (χ3v) is 3.81. The SMILES string of the molecule is C=C(F)C(=O)N1CCc2c(cccc2N2CCOC2=O)C1. The molecule has 1 aromatic carbocycles. The molecule has 2 amide bonds. The lowest BCUT2D eigenvalue weighted by Gasteiger charge is -2.30. The number of cyclic esters (lactones) is 1. The van der Waals surface area contributed by atoms with Gasteiger partial charge in [0.15, 0.2) is 5.83 Å². The second-order valence-corrected chi connectivity index (χ2v) is 5.06. The summed E-state index contributed by atoms with van der Waals surface area (Å²) in [4.78, 5) is 26.4. The summed E-state index contributed by atoms with van der Waals surface area (Å²) in [6, 6.07) is 5.59. The summed E-state index contributed by atoms with van der Waals surface area (Å²) in [5.74, 6) is -1.62. The first kappa shape index (κ1) is 13.6. The summed E-state index contributed by atoms with van der Waals surface area (Å²) in [5, 5.41) is 0. The van der Waals surface area contributed by atoms with Crippen molar-refractivity contribution < 1.29 is 18.7 Å². The van der Waals surface area contributed by atoms with Crippen molar-refractivity contribution in [2.75, 3.05) is 24.6 Å². The summed E-state index contributed by atoms with van der Waals surface area (Å²) in [6.45, 7) is 4.70. The molecule has 1 aromatic rings. The maximum atomic E-state index is 13.0. The number of nitrogens with zero attached hydrogens (tertiary/aromatic N) is 2. The van der Waals surface area contributed by atoms with Gasteiger partial charge < -0.3 is 9.64 Å². The third kappa shape index (κ3) is 2.37. The summed E-state index contributed by atoms with van der Waals surface area (Å²) in [5.41, 5.74) is 2.76. The number of hydrogen-bond acceptors (Lipinski definition) is 3. The highest BCUT2D eigenvalue weighted by Gasteiger charge is 2.29. The van der Waals surface area contributed by atoms with Gasteiger partial charge in [-0.15, -0.1) is 0 Å². The molecule has 3 rings (SSSR count). The van der Waals surface area contributed by atoms with Gasteiger partial charge in [-0.2, -0.15) is 0 Å². The van der Waals surface area contributed by atoms with Gasteiger partial charge in [-0.3, -0.25) is 9.69 Å². The quantitative estimate of drug-likeness (QED) is 0.783. The topological polar surface area (TPSA) is 49.9 Å². The van der Waals surface area contributed by atoms with E-state index in [4.69, 9.17) is 4.74 Å². The van der Waals surface area contributed by atoms with Crippen LogP contribution in [0.5, 0.6) is 0 Å². The highest BCUT2D eigenvalue weighted by molar-refractivity contribution is 5.92. The Bertz CT molecular complexity index is 629. The fraction of sp³-hybridized carbons (Fsp3) is 0.333. The number of amides is 2. The van der Waals surface area contributed by atoms with E-state index in [1.807, 2.05) is 18.2 Å². The lowest BCUT2D eigenvalue weighted by molar-refractivity contribution is -0.129. The van der Waals surface area contributed by atoms with Crippen LogP contribution in [-0.4, -0.2) is 36.6 Å². The number of rotatable bonds is 2. The zero-order valence-electron chi connectivity index (χ0n) is 11.5. The van der Waals surface area contributed by atoms with Crippen molar-refractivity contribution in [1.82, 2.24) is 4.90 Å². The van der Waals surface area contributed by atoms with E-state index >= 15 is 0 Å². The van der Waals surface area contributed by atoms with Crippen molar-refractivity contribution in [3.63, 3.8) is 0 Å². The lowest BCUT2D eigenvalue weighted by Crippen LogP contribution is -2.37. The predicted molar refractivity (Wildman–Crippen MR) is 74.5 cm³/mol. The van der Waals surface area contributed by atoms with Gasteiger partial charge in [0.05, 0.1) is 12.2 Å². The first-order valence-electron chi connectivity index (χ1n) is 6.76. The van der Waals surface area contributed by atoms with E-state index in [2.05, 4.69) is 6.58 Å². The summed E-state index contributed by atoms with van der Waals surface area (Å²) >= 11 is 0. The standard InChI is InChI=1S/C15H15FN2O3/c1-10(16)14(19)17-6-5-12-11(9-17)3-2-4-13(12)18-7-8-21-15(18)20/h2-4H,1,5-9H2. The predicted octanol–water partition coefficient (Wildman–Crippen LogP) is 2.01. The molecule has 0 aromatic heterocycles. The average Bonchev–Trinajstić information content (AvgIpc) is 2.91. The Morgan fingerprint density at radius 2 is 2.14 bits per heavy atom. The fourth-order valence-electron chi connectivity index (χ4n) is 2.80. The van der Waals surface area contributed by atoms with Gasteiger partial charge in [-0.25, -0.2) is 9.18 Å². The molecule has 0 bridgehead atoms. The fourth-order valence-corrected chi connectivity index (χ4v) is 2.80. The zero-order valence-corrected chi connectivity index (χ0v) is 11.5. The molecule has 0 N–H and O–H groups in total. The lowest BCUT2D eigenvalue weighted by atomic mass is 9.97. The first-order valence-corrected chi connectivity index (χ1v) is 6.76. The van der Waals surface area contributed by atoms with E-state index in [1.54, 1.807) is 4.90 Å². The smallest absolute Gasteiger partial charge is 0.414 e. The Kier molecular flexibility index (Phi) is 3.37. The van der Waals surface area contributed by atoms with Crippen LogP contribution in [0.2, 0.25) is 0 Å². The van der Waals surface area contributed by atoms with Gasteiger partial charge in [0.1, 0.15) is 6.61 Å². The monoisotopic (exact) mass is 290 g/mol. The Balaban J connectivity index is 1.90. The molecule has 6 heteroatoms. The first-order chi connectivity index (χ1) is 10.1. The van der Waals surface area contributed by atoms with Crippen LogP contribution in [0.3, 0.4) is 0 Å². The minimum absolute atomic E-state index is 0.327. The molecular weight excluding hydrogens is 275 g/mol. The zero-order chi connectivity index (χ0) is 15.0. The Hall–Kier alpha value is -2.37. The minimum Gasteiger partial charge on any atom is -0.447 e. The van der Waals surface area contributed by atoms with Crippen molar-refractivity contribution in [3.8, 4) is 0 Å². The molecule has 5 nitrogen and oxygen atoms in total. The molecule has 0 unspecified atom stereocenters. The highest BCUT2D eigenvalue weighted by Crippen LogP contribution is 2.31. The van der Waals surface area contributed by atoms with Crippen LogP contribution in [0.25, 0.3) is 0 Å². The van der Waals surface area contributed by atoms with Crippen LogP contribution >= 0.6 is 0 Å². The van der Waals surface area contributed by atoms with Gasteiger partial charge in [-0.1, -0.05) is 18.7 Å². The van der Waals surface area contributed by atoms with E-state index in [-0.39, 0.29) is 6.09 Å². The van der Waals surface area contributed by atoms with Crippen LogP contribution < -0.4 is 4.90 Å². The molecule has 0 atom stereocenters. The van der Waals surface area contributed by atoms with Gasteiger partial charge in [0.2, 0.25) is 0 Å². The van der Waals surface area contributed by atoms with E-state index in [0.29, 0.717) is 32.7 Å². The number of hydrogen-bond donors (Lipinski definition) is 0. The Morgan fingerprint density at radius 3 is 2.81 bits per heavy atom. The normalized spacial score (nSPS) is 17.5. The number of fused-ring (bicyclic) bond motifs is 1. The number of benzene rings is 1. The maximum absolute atomic E-state index is 13.0. The van der Waals surface area contributed by atoms with E-state index in [1.165, 1.54) is 4.90 Å². The molecule has 1 fully saturated rings. The molecule has 21 heavy (non-hydrogen) atoms. The molecule has 0 spiro atoms. The molecule has 2 heterocycles. The van der Waals surface area contributed by atoms with E-state index in [9.17, 15) is 14.0 Å². The molecule has 0 aliphatic carbocycles. The van der Waals surface area contributed by atoms with Crippen molar-refractivity contribution in [3.05, 3.63) is 41.7 Å². The van der Waals surface area contributed by atoms with Crippen LogP contribution in [0.4, 0.5) is 14.9 Å².